The zero-order chi connectivity index (χ0) is 13.3. The van der Waals surface area contributed by atoms with E-state index in [-0.39, 0.29) is 0 Å². The van der Waals surface area contributed by atoms with Crippen molar-refractivity contribution in [3.05, 3.63) is 66.2 Å². The van der Waals surface area contributed by atoms with E-state index in [2.05, 4.69) is 0 Å². The fraction of sp³-hybridized carbons (Fsp3) is 0.200. The van der Waals surface area contributed by atoms with Gasteiger partial charge in [-0.1, -0.05) is 48.5 Å². The molecule has 0 saturated carbocycles. The zero-order valence-electron chi connectivity index (χ0n) is 10.7. The molecule has 19 heavy (non-hydrogen) atoms. The third-order valence-corrected chi connectivity index (χ3v) is 6.43. The number of epoxide rings is 1. The van der Waals surface area contributed by atoms with Crippen molar-refractivity contribution < 1.29 is 13.8 Å². The Bertz CT molecular complexity index is 606. The maximum absolute atomic E-state index is 13.3. The number of benzene rings is 2. The summed E-state index contributed by atoms with van der Waals surface area (Å²) < 4.78 is 24.4. The van der Waals surface area contributed by atoms with E-state index in [1.54, 1.807) is 0 Å². The van der Waals surface area contributed by atoms with Crippen molar-refractivity contribution in [3.8, 4) is 0 Å². The predicted molar refractivity (Wildman–Crippen MR) is 74.8 cm³/mol. The van der Waals surface area contributed by atoms with E-state index >= 15 is 0 Å². The molecule has 3 rings (SSSR count). The van der Waals surface area contributed by atoms with Crippen LogP contribution >= 0.6 is 7.37 Å². The van der Waals surface area contributed by atoms with Crippen LogP contribution in [0.2, 0.25) is 0 Å². The topological polar surface area (TPSA) is 38.8 Å². The average molecular weight is 274 g/mol. The first kappa shape index (κ1) is 12.6. The summed E-state index contributed by atoms with van der Waals surface area (Å²) in [5.41, 5.74) is 0.907. The fourth-order valence-corrected chi connectivity index (χ4v) is 4.74. The van der Waals surface area contributed by atoms with Crippen molar-refractivity contribution in [2.24, 2.45) is 0 Å². The van der Waals surface area contributed by atoms with E-state index in [0.717, 1.165) is 5.56 Å². The highest BCUT2D eigenvalue weighted by atomic mass is 31.2. The molecule has 1 heterocycles. The summed E-state index contributed by atoms with van der Waals surface area (Å²) >= 11 is 0. The number of hydrogen-bond acceptors (Lipinski definition) is 3. The van der Waals surface area contributed by atoms with Crippen LogP contribution in [-0.4, -0.2) is 13.7 Å². The average Bonchev–Trinajstić information content (AvgIpc) is 3.30. The lowest BCUT2D eigenvalue weighted by Crippen LogP contribution is -2.20. The molecule has 0 aromatic heterocycles. The van der Waals surface area contributed by atoms with Gasteiger partial charge in [0.1, 0.15) is 0 Å². The molecule has 0 N–H and O–H groups in total. The van der Waals surface area contributed by atoms with Gasteiger partial charge in [0, 0.05) is 12.4 Å². The molecule has 4 heteroatoms. The summed E-state index contributed by atoms with van der Waals surface area (Å²) in [5.74, 6) is 0. The Morgan fingerprint density at radius 3 is 2.05 bits per heavy atom. The largest absolute Gasteiger partial charge is 0.353 e. The summed E-state index contributed by atoms with van der Waals surface area (Å²) in [7, 11) is -1.60. The molecule has 0 aliphatic carbocycles. The zero-order valence-corrected chi connectivity index (χ0v) is 11.5. The Kier molecular flexibility index (Phi) is 3.06. The van der Waals surface area contributed by atoms with Gasteiger partial charge in [-0.05, 0) is 17.7 Å². The van der Waals surface area contributed by atoms with Crippen LogP contribution in [0.1, 0.15) is 5.56 Å². The number of rotatable bonds is 4. The molecule has 0 amide bonds. The van der Waals surface area contributed by atoms with Gasteiger partial charge in [0.15, 0.2) is 5.34 Å². The van der Waals surface area contributed by atoms with Crippen molar-refractivity contribution in [2.45, 2.75) is 5.34 Å². The molecule has 0 radical (unpaired) electrons. The second-order valence-electron chi connectivity index (χ2n) is 4.51. The Balaban J connectivity index is 2.11. The van der Waals surface area contributed by atoms with Crippen LogP contribution in [0.4, 0.5) is 0 Å². The van der Waals surface area contributed by atoms with E-state index < -0.39 is 12.7 Å². The second kappa shape index (κ2) is 4.61. The van der Waals surface area contributed by atoms with Crippen LogP contribution in [0.15, 0.2) is 60.7 Å². The third kappa shape index (κ3) is 1.86. The van der Waals surface area contributed by atoms with E-state index in [1.807, 2.05) is 60.7 Å². The summed E-state index contributed by atoms with van der Waals surface area (Å²) in [5, 5.41) is -0.122. The first-order valence-electron chi connectivity index (χ1n) is 6.14. The van der Waals surface area contributed by atoms with Crippen molar-refractivity contribution in [2.75, 3.05) is 13.7 Å². The van der Waals surface area contributed by atoms with Gasteiger partial charge < -0.3 is 9.26 Å². The van der Waals surface area contributed by atoms with E-state index in [0.29, 0.717) is 11.9 Å². The molecule has 2 atom stereocenters. The van der Waals surface area contributed by atoms with Gasteiger partial charge in [0.05, 0.1) is 6.61 Å². The minimum atomic E-state index is -3.09. The lowest BCUT2D eigenvalue weighted by molar-refractivity contribution is 0.323. The first-order chi connectivity index (χ1) is 9.23. The third-order valence-electron chi connectivity index (χ3n) is 3.47. The molecule has 1 fully saturated rings. The van der Waals surface area contributed by atoms with Gasteiger partial charge in [0.25, 0.3) is 7.37 Å². The lowest BCUT2D eigenvalue weighted by atomic mass is 10.2. The standard InChI is InChI=1S/C15H15O3P/c1-17-19(16,14-10-6-3-7-11-14)15(12-18-15)13-8-4-2-5-9-13/h2-11H,12H2,1H3. The molecule has 0 spiro atoms. The molecule has 2 aromatic rings. The fourth-order valence-electron chi connectivity index (χ4n) is 2.36. The van der Waals surface area contributed by atoms with Gasteiger partial charge in [-0.3, -0.25) is 4.57 Å². The highest BCUT2D eigenvalue weighted by Crippen LogP contribution is 2.69. The maximum atomic E-state index is 13.3. The van der Waals surface area contributed by atoms with Gasteiger partial charge in [0.2, 0.25) is 0 Å². The van der Waals surface area contributed by atoms with Crippen LogP contribution in [0.3, 0.4) is 0 Å². The van der Waals surface area contributed by atoms with E-state index in [1.165, 1.54) is 7.11 Å². The summed E-state index contributed by atoms with van der Waals surface area (Å²) in [6, 6.07) is 18.9. The van der Waals surface area contributed by atoms with E-state index in [4.69, 9.17) is 9.26 Å². The van der Waals surface area contributed by atoms with Crippen LogP contribution in [0, 0.1) is 0 Å². The Morgan fingerprint density at radius 1 is 1.05 bits per heavy atom. The Hall–Kier alpha value is -1.41. The normalized spacial score (nSPS) is 24.7. The van der Waals surface area contributed by atoms with Crippen molar-refractivity contribution in [1.82, 2.24) is 0 Å². The summed E-state index contributed by atoms with van der Waals surface area (Å²) in [6.45, 7) is 0.428. The number of ether oxygens (including phenoxy) is 1. The lowest BCUT2D eigenvalue weighted by Gasteiger charge is -2.23. The predicted octanol–water partition coefficient (Wildman–Crippen LogP) is 3.12. The van der Waals surface area contributed by atoms with E-state index in [9.17, 15) is 4.57 Å². The van der Waals surface area contributed by atoms with Crippen LogP contribution in [-0.2, 0) is 19.2 Å². The summed E-state index contributed by atoms with van der Waals surface area (Å²) in [6.07, 6.45) is 0. The van der Waals surface area contributed by atoms with Crippen molar-refractivity contribution >= 4 is 12.7 Å². The monoisotopic (exact) mass is 274 g/mol. The molecule has 1 aliphatic rings. The van der Waals surface area contributed by atoms with Crippen LogP contribution in [0.25, 0.3) is 0 Å². The quantitative estimate of drug-likeness (QED) is 0.635. The molecular weight excluding hydrogens is 259 g/mol. The second-order valence-corrected chi connectivity index (χ2v) is 7.22. The van der Waals surface area contributed by atoms with Crippen LogP contribution < -0.4 is 5.30 Å². The molecule has 1 saturated heterocycles. The van der Waals surface area contributed by atoms with Crippen molar-refractivity contribution in [1.29, 1.82) is 0 Å². The minimum Gasteiger partial charge on any atom is -0.353 e. The highest BCUT2D eigenvalue weighted by Gasteiger charge is 2.62. The molecule has 98 valence electrons. The van der Waals surface area contributed by atoms with Gasteiger partial charge in [-0.2, -0.15) is 0 Å². The maximum Gasteiger partial charge on any atom is 0.269 e. The Morgan fingerprint density at radius 2 is 1.58 bits per heavy atom. The Labute approximate surface area is 112 Å². The SMILES string of the molecule is COP(=O)(c1ccccc1)C1(c2ccccc2)CO1. The van der Waals surface area contributed by atoms with Gasteiger partial charge >= 0.3 is 0 Å². The highest BCUT2D eigenvalue weighted by molar-refractivity contribution is 7.68. The van der Waals surface area contributed by atoms with Crippen molar-refractivity contribution in [3.63, 3.8) is 0 Å². The molecule has 1 aliphatic heterocycles. The van der Waals surface area contributed by atoms with Gasteiger partial charge in [-0.25, -0.2) is 0 Å². The molecule has 2 aromatic carbocycles. The molecule has 0 bridgehead atoms. The summed E-state index contributed by atoms with van der Waals surface area (Å²) in [4.78, 5) is 0. The minimum absolute atomic E-state index is 0.428. The smallest absolute Gasteiger partial charge is 0.269 e. The van der Waals surface area contributed by atoms with Crippen LogP contribution in [0.5, 0.6) is 0 Å². The molecule has 2 unspecified atom stereocenters. The van der Waals surface area contributed by atoms with Gasteiger partial charge in [-0.15, -0.1) is 0 Å². The number of hydrogen-bond donors (Lipinski definition) is 0. The first-order valence-corrected chi connectivity index (χ1v) is 7.76. The molecular formula is C15H15O3P. The molecule has 3 nitrogen and oxygen atoms in total.